The molecule has 0 fully saturated rings. The fraction of sp³-hybridized carbons (Fsp3) is 0.538. The van der Waals surface area contributed by atoms with Gasteiger partial charge in [-0.25, -0.2) is 13.4 Å². The van der Waals surface area contributed by atoms with Gasteiger partial charge in [0, 0.05) is 24.2 Å². The molecule has 1 atom stereocenters. The van der Waals surface area contributed by atoms with E-state index in [0.717, 1.165) is 22.4 Å². The van der Waals surface area contributed by atoms with Crippen molar-refractivity contribution in [1.82, 2.24) is 14.8 Å². The fourth-order valence-corrected chi connectivity index (χ4v) is 3.29. The molecule has 6 nitrogen and oxygen atoms in total. The van der Waals surface area contributed by atoms with E-state index in [1.54, 1.807) is 17.8 Å². The maximum atomic E-state index is 11.6. The minimum absolute atomic E-state index is 0.119. The highest BCUT2D eigenvalue weighted by atomic mass is 32.2. The largest absolute Gasteiger partial charge is 0.380 e. The molecule has 0 saturated carbocycles. The summed E-state index contributed by atoms with van der Waals surface area (Å²) in [6.45, 7) is 5.45. The van der Waals surface area contributed by atoms with Crippen molar-refractivity contribution in [3.05, 3.63) is 18.0 Å². The van der Waals surface area contributed by atoms with Crippen molar-refractivity contribution >= 4 is 26.6 Å². The summed E-state index contributed by atoms with van der Waals surface area (Å²) in [5.41, 5.74) is 2.54. The molecule has 0 saturated heterocycles. The summed E-state index contributed by atoms with van der Waals surface area (Å²) in [5.74, 6) is 0.283. The van der Waals surface area contributed by atoms with Gasteiger partial charge in [0.15, 0.2) is 15.5 Å². The molecule has 1 N–H and O–H groups in total. The molecule has 2 aromatic heterocycles. The summed E-state index contributed by atoms with van der Waals surface area (Å²) >= 11 is 0. The van der Waals surface area contributed by atoms with Crippen molar-refractivity contribution in [3.8, 4) is 0 Å². The van der Waals surface area contributed by atoms with Gasteiger partial charge in [0.1, 0.15) is 0 Å². The van der Waals surface area contributed by atoms with Crippen molar-refractivity contribution in [2.45, 2.75) is 26.8 Å². The van der Waals surface area contributed by atoms with Gasteiger partial charge in [0.05, 0.1) is 23.3 Å². The summed E-state index contributed by atoms with van der Waals surface area (Å²) in [7, 11) is -1.13. The SMILES string of the molecule is CCS(=O)(=O)CC(C)Nc1cnc2c(c1)c(C)nn2C. The van der Waals surface area contributed by atoms with Crippen LogP contribution in [0.1, 0.15) is 19.5 Å². The Hall–Kier alpha value is -1.63. The molecule has 0 amide bonds. The second-order valence-corrected chi connectivity index (χ2v) is 7.45. The van der Waals surface area contributed by atoms with E-state index in [-0.39, 0.29) is 17.5 Å². The summed E-state index contributed by atoms with van der Waals surface area (Å²) in [6.07, 6.45) is 1.71. The number of hydrogen-bond acceptors (Lipinski definition) is 5. The molecule has 2 aromatic rings. The molecule has 7 heteroatoms. The highest BCUT2D eigenvalue weighted by Gasteiger charge is 2.14. The Bertz CT molecular complexity index is 721. The van der Waals surface area contributed by atoms with E-state index in [2.05, 4.69) is 15.4 Å². The van der Waals surface area contributed by atoms with Crippen LogP contribution >= 0.6 is 0 Å². The predicted octanol–water partition coefficient (Wildman–Crippen LogP) is 1.51. The number of pyridine rings is 1. The fourth-order valence-electron chi connectivity index (χ4n) is 2.21. The normalized spacial score (nSPS) is 13.6. The van der Waals surface area contributed by atoms with Crippen LogP contribution < -0.4 is 5.32 Å². The number of rotatable bonds is 5. The molecule has 0 radical (unpaired) electrons. The van der Waals surface area contributed by atoms with E-state index < -0.39 is 9.84 Å². The van der Waals surface area contributed by atoms with Crippen LogP contribution in [0.3, 0.4) is 0 Å². The lowest BCUT2D eigenvalue weighted by atomic mass is 10.2. The van der Waals surface area contributed by atoms with E-state index >= 15 is 0 Å². The molecule has 0 aliphatic rings. The monoisotopic (exact) mass is 296 g/mol. The average Bonchev–Trinajstić information content (AvgIpc) is 2.64. The average molecular weight is 296 g/mol. The lowest BCUT2D eigenvalue weighted by molar-refractivity contribution is 0.593. The van der Waals surface area contributed by atoms with E-state index in [9.17, 15) is 8.42 Å². The molecule has 1 unspecified atom stereocenters. The number of nitrogens with zero attached hydrogens (tertiary/aromatic N) is 3. The molecule has 0 aliphatic heterocycles. The van der Waals surface area contributed by atoms with E-state index in [4.69, 9.17) is 0 Å². The second-order valence-electron chi connectivity index (χ2n) is 5.05. The number of anilines is 1. The van der Waals surface area contributed by atoms with Gasteiger partial charge in [0.25, 0.3) is 0 Å². The molecule has 0 aliphatic carbocycles. The Morgan fingerprint density at radius 2 is 2.15 bits per heavy atom. The third-order valence-electron chi connectivity index (χ3n) is 3.22. The van der Waals surface area contributed by atoms with Crippen molar-refractivity contribution in [2.75, 3.05) is 16.8 Å². The lowest BCUT2D eigenvalue weighted by Crippen LogP contribution is -2.26. The van der Waals surface area contributed by atoms with Crippen molar-refractivity contribution < 1.29 is 8.42 Å². The van der Waals surface area contributed by atoms with Gasteiger partial charge in [-0.05, 0) is 19.9 Å². The molecule has 0 spiro atoms. The first-order chi connectivity index (χ1) is 9.32. The zero-order chi connectivity index (χ0) is 14.9. The molecular formula is C13H20N4O2S. The number of sulfone groups is 1. The Morgan fingerprint density at radius 1 is 1.45 bits per heavy atom. The maximum absolute atomic E-state index is 11.6. The minimum atomic E-state index is -2.98. The van der Waals surface area contributed by atoms with Gasteiger partial charge < -0.3 is 5.32 Å². The Morgan fingerprint density at radius 3 is 2.80 bits per heavy atom. The first-order valence-electron chi connectivity index (χ1n) is 6.58. The quantitative estimate of drug-likeness (QED) is 0.905. The zero-order valence-corrected chi connectivity index (χ0v) is 13.0. The second kappa shape index (κ2) is 5.40. The lowest BCUT2D eigenvalue weighted by Gasteiger charge is -2.14. The molecule has 0 bridgehead atoms. The number of fused-ring (bicyclic) bond motifs is 1. The van der Waals surface area contributed by atoms with Gasteiger partial charge >= 0.3 is 0 Å². The maximum Gasteiger partial charge on any atom is 0.157 e. The van der Waals surface area contributed by atoms with Crippen LogP contribution in [0.25, 0.3) is 11.0 Å². The molecule has 110 valence electrons. The number of hydrogen-bond donors (Lipinski definition) is 1. The Balaban J connectivity index is 2.20. The first-order valence-corrected chi connectivity index (χ1v) is 8.41. The van der Waals surface area contributed by atoms with E-state index in [1.807, 2.05) is 27.0 Å². The highest BCUT2D eigenvalue weighted by Crippen LogP contribution is 2.19. The van der Waals surface area contributed by atoms with Crippen molar-refractivity contribution in [2.24, 2.45) is 7.05 Å². The number of aryl methyl sites for hydroxylation is 2. The minimum Gasteiger partial charge on any atom is -0.380 e. The van der Waals surface area contributed by atoms with Crippen molar-refractivity contribution in [1.29, 1.82) is 0 Å². The zero-order valence-electron chi connectivity index (χ0n) is 12.2. The first kappa shape index (κ1) is 14.8. The van der Waals surface area contributed by atoms with Crippen LogP contribution in [-0.4, -0.2) is 40.7 Å². The van der Waals surface area contributed by atoms with Gasteiger partial charge in [-0.2, -0.15) is 5.10 Å². The van der Waals surface area contributed by atoms with Crippen LogP contribution in [0.5, 0.6) is 0 Å². The molecule has 20 heavy (non-hydrogen) atoms. The van der Waals surface area contributed by atoms with Gasteiger partial charge in [0.2, 0.25) is 0 Å². The standard InChI is InChI=1S/C13H20N4O2S/c1-5-20(18,19)8-9(2)15-11-6-12-10(3)16-17(4)13(12)14-7-11/h6-7,9,15H,5,8H2,1-4H3. The third-order valence-corrected chi connectivity index (χ3v) is 5.11. The molecule has 0 aromatic carbocycles. The molecule has 2 heterocycles. The summed E-state index contributed by atoms with van der Waals surface area (Å²) in [5, 5.41) is 8.47. The van der Waals surface area contributed by atoms with E-state index in [1.165, 1.54) is 0 Å². The predicted molar refractivity (Wildman–Crippen MR) is 80.7 cm³/mol. The van der Waals surface area contributed by atoms with Crippen LogP contribution in [0.15, 0.2) is 12.3 Å². The molecule has 2 rings (SSSR count). The third kappa shape index (κ3) is 3.09. The smallest absolute Gasteiger partial charge is 0.157 e. The van der Waals surface area contributed by atoms with Crippen LogP contribution in [-0.2, 0) is 16.9 Å². The van der Waals surface area contributed by atoms with Crippen LogP contribution in [0.4, 0.5) is 5.69 Å². The van der Waals surface area contributed by atoms with Crippen molar-refractivity contribution in [3.63, 3.8) is 0 Å². The summed E-state index contributed by atoms with van der Waals surface area (Å²) in [4.78, 5) is 4.36. The Labute approximate surface area is 119 Å². The van der Waals surface area contributed by atoms with Gasteiger partial charge in [-0.3, -0.25) is 4.68 Å². The highest BCUT2D eigenvalue weighted by molar-refractivity contribution is 7.91. The van der Waals surface area contributed by atoms with Crippen LogP contribution in [0.2, 0.25) is 0 Å². The summed E-state index contributed by atoms with van der Waals surface area (Å²) < 4.78 is 24.9. The van der Waals surface area contributed by atoms with Crippen LogP contribution in [0, 0.1) is 6.92 Å². The van der Waals surface area contributed by atoms with E-state index in [0.29, 0.717) is 0 Å². The number of aromatic nitrogens is 3. The number of nitrogens with one attached hydrogen (secondary N) is 1. The van der Waals surface area contributed by atoms with Gasteiger partial charge in [-0.15, -0.1) is 0 Å². The summed E-state index contributed by atoms with van der Waals surface area (Å²) in [6, 6.07) is 1.80. The Kier molecular flexibility index (Phi) is 3.99. The van der Waals surface area contributed by atoms with Gasteiger partial charge in [-0.1, -0.05) is 6.92 Å². The molecular weight excluding hydrogens is 276 g/mol. The topological polar surface area (TPSA) is 76.9 Å².